The summed E-state index contributed by atoms with van der Waals surface area (Å²) in [5.41, 5.74) is 6.35. The number of ether oxygens (including phenoxy) is 1. The van der Waals surface area contributed by atoms with Crippen LogP contribution in [0.4, 0.5) is 11.5 Å². The zero-order chi connectivity index (χ0) is 14.5. The van der Waals surface area contributed by atoms with Crippen LogP contribution in [0, 0.1) is 0 Å². The minimum absolute atomic E-state index is 0.243. The number of hydrogen-bond donors (Lipinski definition) is 2. The molecule has 1 aromatic heterocycles. The van der Waals surface area contributed by atoms with E-state index in [0.29, 0.717) is 11.3 Å². The Morgan fingerprint density at radius 1 is 1.15 bits per heavy atom. The molecule has 0 aliphatic carbocycles. The molecule has 6 nitrogen and oxygen atoms in total. The maximum absolute atomic E-state index is 11.7. The van der Waals surface area contributed by atoms with E-state index < -0.39 is 11.9 Å². The normalized spacial score (nSPS) is 9.85. The Hall–Kier alpha value is -2.89. The van der Waals surface area contributed by atoms with E-state index in [9.17, 15) is 9.59 Å². The molecule has 0 spiro atoms. The van der Waals surface area contributed by atoms with Crippen LogP contribution >= 0.6 is 0 Å². The van der Waals surface area contributed by atoms with Gasteiger partial charge in [-0.1, -0.05) is 12.1 Å². The quantitative estimate of drug-likeness (QED) is 0.825. The van der Waals surface area contributed by atoms with E-state index in [4.69, 9.17) is 10.5 Å². The fraction of sp³-hybridized carbons (Fsp3) is 0.0714. The van der Waals surface area contributed by atoms with Crippen molar-refractivity contribution < 1.29 is 14.3 Å². The molecular weight excluding hydrogens is 258 g/mol. The molecule has 0 atom stereocenters. The average molecular weight is 271 g/mol. The van der Waals surface area contributed by atoms with E-state index >= 15 is 0 Å². The second-order valence-corrected chi connectivity index (χ2v) is 3.93. The fourth-order valence-corrected chi connectivity index (χ4v) is 1.71. The molecule has 1 heterocycles. The molecule has 0 aliphatic rings. The van der Waals surface area contributed by atoms with Crippen molar-refractivity contribution in [2.24, 2.45) is 5.73 Å². The summed E-state index contributed by atoms with van der Waals surface area (Å²) in [5, 5.41) is 2.92. The second-order valence-electron chi connectivity index (χ2n) is 3.93. The molecule has 0 bridgehead atoms. The number of nitrogens with two attached hydrogens (primary N) is 1. The predicted molar refractivity (Wildman–Crippen MR) is 73.8 cm³/mol. The highest BCUT2D eigenvalue weighted by molar-refractivity contribution is 6.00. The Morgan fingerprint density at radius 2 is 1.85 bits per heavy atom. The zero-order valence-electron chi connectivity index (χ0n) is 10.8. The summed E-state index contributed by atoms with van der Waals surface area (Å²) in [5.74, 6) is -0.794. The maximum atomic E-state index is 11.7. The number of benzene rings is 1. The summed E-state index contributed by atoms with van der Waals surface area (Å²) >= 11 is 0. The van der Waals surface area contributed by atoms with Crippen LogP contribution < -0.4 is 11.1 Å². The van der Waals surface area contributed by atoms with Crippen LogP contribution in [0.1, 0.15) is 20.7 Å². The first-order valence-electron chi connectivity index (χ1n) is 5.82. The van der Waals surface area contributed by atoms with Gasteiger partial charge in [-0.2, -0.15) is 0 Å². The second kappa shape index (κ2) is 5.83. The predicted octanol–water partition coefficient (Wildman–Crippen LogP) is 1.71. The molecule has 6 heteroatoms. The lowest BCUT2D eigenvalue weighted by molar-refractivity contribution is 0.0601. The van der Waals surface area contributed by atoms with Gasteiger partial charge in [0.05, 0.1) is 23.9 Å². The number of carbonyl (C=O) groups is 2. The molecule has 20 heavy (non-hydrogen) atoms. The zero-order valence-corrected chi connectivity index (χ0v) is 10.8. The summed E-state index contributed by atoms with van der Waals surface area (Å²) in [6.45, 7) is 0. The minimum atomic E-state index is -0.601. The number of para-hydroxylation sites is 1. The lowest BCUT2D eigenvalue weighted by Gasteiger charge is -2.11. The first kappa shape index (κ1) is 13.5. The number of amides is 1. The summed E-state index contributed by atoms with van der Waals surface area (Å²) in [6.07, 6.45) is 1.52. The van der Waals surface area contributed by atoms with E-state index in [-0.39, 0.29) is 11.4 Å². The average Bonchev–Trinajstić information content (AvgIpc) is 2.47. The summed E-state index contributed by atoms with van der Waals surface area (Å²) < 4.78 is 4.70. The van der Waals surface area contributed by atoms with Crippen molar-refractivity contribution in [3.05, 3.63) is 53.7 Å². The highest BCUT2D eigenvalue weighted by Gasteiger charge is 2.14. The Labute approximate surface area is 115 Å². The number of anilines is 2. The number of nitrogens with one attached hydrogen (secondary N) is 1. The Bertz CT molecular complexity index is 656. The lowest BCUT2D eigenvalue weighted by Crippen LogP contribution is -2.15. The van der Waals surface area contributed by atoms with Gasteiger partial charge in [0.1, 0.15) is 5.82 Å². The molecule has 0 radical (unpaired) electrons. The van der Waals surface area contributed by atoms with Crippen molar-refractivity contribution in [2.75, 3.05) is 12.4 Å². The van der Waals surface area contributed by atoms with E-state index in [0.717, 1.165) is 0 Å². The molecule has 0 saturated heterocycles. The number of pyridine rings is 1. The van der Waals surface area contributed by atoms with Crippen LogP contribution in [-0.4, -0.2) is 24.0 Å². The molecule has 2 aromatic rings. The monoisotopic (exact) mass is 271 g/mol. The molecule has 0 aliphatic heterocycles. The van der Waals surface area contributed by atoms with Gasteiger partial charge >= 0.3 is 5.97 Å². The van der Waals surface area contributed by atoms with Crippen LogP contribution in [0.15, 0.2) is 42.6 Å². The van der Waals surface area contributed by atoms with Crippen LogP contribution in [0.2, 0.25) is 0 Å². The third kappa shape index (κ3) is 2.74. The number of hydrogen-bond acceptors (Lipinski definition) is 5. The SMILES string of the molecule is COC(=O)c1ccccc1Nc1ncccc1C(N)=O. The lowest BCUT2D eigenvalue weighted by atomic mass is 10.1. The van der Waals surface area contributed by atoms with Crippen molar-refractivity contribution >= 4 is 23.4 Å². The molecule has 0 unspecified atom stereocenters. The first-order valence-corrected chi connectivity index (χ1v) is 5.82. The number of carbonyl (C=O) groups excluding carboxylic acids is 2. The van der Waals surface area contributed by atoms with Crippen LogP contribution in [0.3, 0.4) is 0 Å². The van der Waals surface area contributed by atoms with Crippen molar-refractivity contribution in [2.45, 2.75) is 0 Å². The topological polar surface area (TPSA) is 94.3 Å². The highest BCUT2D eigenvalue weighted by Crippen LogP contribution is 2.22. The van der Waals surface area contributed by atoms with Crippen molar-refractivity contribution in [3.63, 3.8) is 0 Å². The van der Waals surface area contributed by atoms with Gasteiger partial charge in [0.15, 0.2) is 0 Å². The Morgan fingerprint density at radius 3 is 2.55 bits per heavy atom. The molecule has 2 rings (SSSR count). The minimum Gasteiger partial charge on any atom is -0.465 e. The van der Waals surface area contributed by atoms with Gasteiger partial charge in [-0.3, -0.25) is 4.79 Å². The van der Waals surface area contributed by atoms with E-state index in [1.807, 2.05) is 0 Å². The molecular formula is C14H13N3O3. The van der Waals surface area contributed by atoms with E-state index in [1.54, 1.807) is 36.4 Å². The standard InChI is InChI=1S/C14H13N3O3/c1-20-14(19)9-5-2-3-7-11(9)17-13-10(12(15)18)6-4-8-16-13/h2-8H,1H3,(H2,15,18)(H,16,17). The molecule has 102 valence electrons. The van der Waals surface area contributed by atoms with Crippen LogP contribution in [0.25, 0.3) is 0 Å². The van der Waals surface area contributed by atoms with Gasteiger partial charge in [0.2, 0.25) is 0 Å². The molecule has 0 saturated carbocycles. The van der Waals surface area contributed by atoms with Crippen LogP contribution in [0.5, 0.6) is 0 Å². The number of esters is 1. The highest BCUT2D eigenvalue weighted by atomic mass is 16.5. The number of methoxy groups -OCH3 is 1. The number of aromatic nitrogens is 1. The summed E-state index contributed by atoms with van der Waals surface area (Å²) in [6, 6.07) is 9.93. The molecule has 1 aromatic carbocycles. The largest absolute Gasteiger partial charge is 0.465 e. The molecule has 1 amide bonds. The van der Waals surface area contributed by atoms with Gasteiger partial charge in [-0.25, -0.2) is 9.78 Å². The van der Waals surface area contributed by atoms with Gasteiger partial charge in [0, 0.05) is 6.20 Å². The Kier molecular flexibility index (Phi) is 3.95. The van der Waals surface area contributed by atoms with Crippen molar-refractivity contribution in [1.29, 1.82) is 0 Å². The summed E-state index contributed by atoms with van der Waals surface area (Å²) in [4.78, 5) is 27.1. The smallest absolute Gasteiger partial charge is 0.339 e. The third-order valence-electron chi connectivity index (χ3n) is 2.66. The first-order chi connectivity index (χ1) is 9.63. The fourth-order valence-electron chi connectivity index (χ4n) is 1.71. The Balaban J connectivity index is 2.41. The van der Waals surface area contributed by atoms with Gasteiger partial charge in [0.25, 0.3) is 5.91 Å². The molecule has 0 fully saturated rings. The number of rotatable bonds is 4. The van der Waals surface area contributed by atoms with Gasteiger partial charge < -0.3 is 15.8 Å². The number of primary amides is 1. The van der Waals surface area contributed by atoms with Gasteiger partial charge in [-0.05, 0) is 24.3 Å². The van der Waals surface area contributed by atoms with Gasteiger partial charge in [-0.15, -0.1) is 0 Å². The maximum Gasteiger partial charge on any atom is 0.339 e. The van der Waals surface area contributed by atoms with E-state index in [1.165, 1.54) is 13.3 Å². The third-order valence-corrected chi connectivity index (χ3v) is 2.66. The van der Waals surface area contributed by atoms with Crippen molar-refractivity contribution in [1.82, 2.24) is 4.98 Å². The molecule has 3 N–H and O–H groups in total. The van der Waals surface area contributed by atoms with Crippen LogP contribution in [-0.2, 0) is 4.74 Å². The summed E-state index contributed by atoms with van der Waals surface area (Å²) in [7, 11) is 1.30. The number of nitrogens with zero attached hydrogens (tertiary/aromatic N) is 1. The van der Waals surface area contributed by atoms with Crippen molar-refractivity contribution in [3.8, 4) is 0 Å². The van der Waals surface area contributed by atoms with E-state index in [2.05, 4.69) is 10.3 Å².